The summed E-state index contributed by atoms with van der Waals surface area (Å²) in [6, 6.07) is 7.06. The third-order valence-electron chi connectivity index (χ3n) is 5.04. The third-order valence-corrected chi connectivity index (χ3v) is 5.41. The van der Waals surface area contributed by atoms with Crippen LogP contribution in [-0.4, -0.2) is 47.5 Å². The van der Waals surface area contributed by atoms with Crippen molar-refractivity contribution in [2.75, 3.05) is 19.8 Å². The number of nitrogens with one attached hydrogen (secondary N) is 2. The van der Waals surface area contributed by atoms with Crippen molar-refractivity contribution in [1.29, 1.82) is 0 Å². The summed E-state index contributed by atoms with van der Waals surface area (Å²) >= 11 is 6.25. The molecule has 0 aliphatic carbocycles. The van der Waals surface area contributed by atoms with Gasteiger partial charge < -0.3 is 20.1 Å². The first-order valence-corrected chi connectivity index (χ1v) is 10.7. The molecule has 10 heteroatoms. The Hall–Kier alpha value is -3.59. The molecule has 174 valence electrons. The summed E-state index contributed by atoms with van der Waals surface area (Å²) in [5.74, 6) is -1.21. The fourth-order valence-corrected chi connectivity index (χ4v) is 3.50. The number of carbonyl (C=O) groups is 3. The van der Waals surface area contributed by atoms with E-state index in [9.17, 15) is 14.4 Å². The van der Waals surface area contributed by atoms with Crippen molar-refractivity contribution >= 4 is 35.6 Å². The smallest absolute Gasteiger partial charge is 0.337 e. The van der Waals surface area contributed by atoms with Gasteiger partial charge in [-0.3, -0.25) is 4.68 Å². The van der Waals surface area contributed by atoms with Gasteiger partial charge in [0.2, 0.25) is 0 Å². The Morgan fingerprint density at radius 1 is 1.24 bits per heavy atom. The molecular formula is C23H25ClN4O5. The normalized spacial score (nSPS) is 13.6. The van der Waals surface area contributed by atoms with Crippen molar-refractivity contribution in [2.45, 2.75) is 27.3 Å². The highest BCUT2D eigenvalue weighted by atomic mass is 35.5. The van der Waals surface area contributed by atoms with E-state index < -0.39 is 18.0 Å². The number of urea groups is 1. The maximum atomic E-state index is 12.3. The molecule has 1 aromatic carbocycles. The highest BCUT2D eigenvalue weighted by Crippen LogP contribution is 2.20. The molecule has 9 nitrogen and oxygen atoms in total. The zero-order valence-corrected chi connectivity index (χ0v) is 19.4. The zero-order chi connectivity index (χ0) is 24.0. The Morgan fingerprint density at radius 3 is 2.73 bits per heavy atom. The van der Waals surface area contributed by atoms with Gasteiger partial charge in [0.15, 0.2) is 0 Å². The number of carbonyl (C=O) groups excluding carboxylic acids is 3. The minimum atomic E-state index is -0.629. The molecule has 1 aliphatic heterocycles. The first-order chi connectivity index (χ1) is 15.8. The van der Waals surface area contributed by atoms with Crippen LogP contribution in [0.3, 0.4) is 0 Å². The molecule has 0 spiro atoms. The van der Waals surface area contributed by atoms with Gasteiger partial charge >= 0.3 is 18.0 Å². The second-order valence-corrected chi connectivity index (χ2v) is 7.67. The second kappa shape index (κ2) is 10.8. The minimum absolute atomic E-state index is 0.00358. The first kappa shape index (κ1) is 24.1. The van der Waals surface area contributed by atoms with Crippen LogP contribution >= 0.6 is 11.6 Å². The van der Waals surface area contributed by atoms with Crippen LogP contribution in [-0.2, 0) is 25.6 Å². The number of benzene rings is 1. The van der Waals surface area contributed by atoms with Crippen LogP contribution in [0, 0.1) is 13.8 Å². The number of amides is 2. The van der Waals surface area contributed by atoms with E-state index in [1.54, 1.807) is 13.0 Å². The van der Waals surface area contributed by atoms with Crippen molar-refractivity contribution < 1.29 is 23.9 Å². The number of halogens is 1. The molecule has 33 heavy (non-hydrogen) atoms. The lowest BCUT2D eigenvalue weighted by atomic mass is 10.1. The van der Waals surface area contributed by atoms with Gasteiger partial charge in [-0.15, -0.1) is 0 Å². The summed E-state index contributed by atoms with van der Waals surface area (Å²) < 4.78 is 12.0. The molecule has 2 amide bonds. The maximum Gasteiger partial charge on any atom is 0.337 e. The molecule has 2 aromatic rings. The number of hydrogen-bond acceptors (Lipinski definition) is 6. The summed E-state index contributed by atoms with van der Waals surface area (Å²) in [6.07, 6.45) is 2.91. The van der Waals surface area contributed by atoms with Gasteiger partial charge in [0.25, 0.3) is 0 Å². The van der Waals surface area contributed by atoms with Gasteiger partial charge in [-0.05, 0) is 38.5 Å². The molecule has 1 aromatic heterocycles. The van der Waals surface area contributed by atoms with Gasteiger partial charge in [-0.25, -0.2) is 14.4 Å². The van der Waals surface area contributed by atoms with E-state index in [1.165, 1.54) is 6.08 Å². The molecule has 0 fully saturated rings. The van der Waals surface area contributed by atoms with E-state index in [0.29, 0.717) is 11.6 Å². The summed E-state index contributed by atoms with van der Waals surface area (Å²) in [5, 5.41) is 10.2. The Balaban J connectivity index is 1.68. The van der Waals surface area contributed by atoms with Crippen LogP contribution in [0.25, 0.3) is 6.08 Å². The number of hydrogen-bond donors (Lipinski definition) is 2. The van der Waals surface area contributed by atoms with Gasteiger partial charge in [0.05, 0.1) is 36.7 Å². The average Bonchev–Trinajstić information content (AvgIpc) is 3.05. The van der Waals surface area contributed by atoms with Crippen LogP contribution in [0.15, 0.2) is 41.6 Å². The molecule has 0 atom stereocenters. The monoisotopic (exact) mass is 472 g/mol. The zero-order valence-electron chi connectivity index (χ0n) is 18.6. The van der Waals surface area contributed by atoms with E-state index in [1.807, 2.05) is 42.8 Å². The van der Waals surface area contributed by atoms with Crippen molar-refractivity contribution in [3.05, 3.63) is 69.1 Å². The molecule has 0 unspecified atom stereocenters. The maximum absolute atomic E-state index is 12.3. The van der Waals surface area contributed by atoms with Crippen LogP contribution in [0.5, 0.6) is 0 Å². The van der Waals surface area contributed by atoms with Crippen molar-refractivity contribution in [2.24, 2.45) is 0 Å². The van der Waals surface area contributed by atoms with Gasteiger partial charge in [-0.2, -0.15) is 5.10 Å². The Kier molecular flexibility index (Phi) is 7.89. The number of aromatic nitrogens is 2. The van der Waals surface area contributed by atoms with Gasteiger partial charge in [0, 0.05) is 22.4 Å². The first-order valence-electron chi connectivity index (χ1n) is 10.4. The van der Waals surface area contributed by atoms with E-state index in [-0.39, 0.29) is 31.0 Å². The highest BCUT2D eigenvalue weighted by molar-refractivity contribution is 6.31. The minimum Gasteiger partial charge on any atom is -0.463 e. The van der Waals surface area contributed by atoms with Crippen molar-refractivity contribution in [3.8, 4) is 0 Å². The number of nitrogens with zero attached hydrogens (tertiary/aromatic N) is 2. The predicted octanol–water partition coefficient (Wildman–Crippen LogP) is 2.89. The largest absolute Gasteiger partial charge is 0.463 e. The predicted molar refractivity (Wildman–Crippen MR) is 122 cm³/mol. The van der Waals surface area contributed by atoms with Crippen molar-refractivity contribution in [1.82, 2.24) is 20.4 Å². The van der Waals surface area contributed by atoms with Crippen LogP contribution in [0.4, 0.5) is 4.79 Å². The summed E-state index contributed by atoms with van der Waals surface area (Å²) in [6.45, 7) is 5.85. The number of esters is 2. The van der Waals surface area contributed by atoms with Crippen molar-refractivity contribution in [3.63, 3.8) is 0 Å². The summed E-state index contributed by atoms with van der Waals surface area (Å²) in [4.78, 5) is 35.9. The number of ether oxygens (including phenoxy) is 2. The van der Waals surface area contributed by atoms with E-state index in [0.717, 1.165) is 22.5 Å². The Bertz CT molecular complexity index is 1140. The Labute approximate surface area is 196 Å². The number of rotatable bonds is 8. The molecule has 3 rings (SSSR count). The summed E-state index contributed by atoms with van der Waals surface area (Å²) in [7, 11) is 0. The molecule has 0 saturated heterocycles. The lowest BCUT2D eigenvalue weighted by Crippen LogP contribution is -2.45. The molecule has 2 heterocycles. The van der Waals surface area contributed by atoms with E-state index in [2.05, 4.69) is 15.7 Å². The van der Waals surface area contributed by atoms with Gasteiger partial charge in [0.1, 0.15) is 6.61 Å². The molecule has 0 radical (unpaired) electrons. The molecule has 2 N–H and O–H groups in total. The quantitative estimate of drug-likeness (QED) is 0.451. The molecule has 1 aliphatic rings. The Morgan fingerprint density at radius 2 is 2.00 bits per heavy atom. The fourth-order valence-electron chi connectivity index (χ4n) is 3.31. The topological polar surface area (TPSA) is 112 Å². The SMILES string of the molecule is CCOC(=O)C1=C(COC(=O)/C=C/c2c(C)nn(Cc3ccccc3Cl)c2C)NC(=O)NC1. The fraction of sp³-hybridized carbons (Fsp3) is 0.304. The summed E-state index contributed by atoms with van der Waals surface area (Å²) in [5.41, 5.74) is 3.76. The van der Waals surface area contributed by atoms with Crippen LogP contribution in [0.1, 0.15) is 29.4 Å². The van der Waals surface area contributed by atoms with Crippen LogP contribution < -0.4 is 10.6 Å². The van der Waals surface area contributed by atoms with Crippen LogP contribution in [0.2, 0.25) is 5.02 Å². The lowest BCUT2D eigenvalue weighted by Gasteiger charge is -2.20. The van der Waals surface area contributed by atoms with E-state index >= 15 is 0 Å². The van der Waals surface area contributed by atoms with E-state index in [4.69, 9.17) is 21.1 Å². The second-order valence-electron chi connectivity index (χ2n) is 7.26. The molecule has 0 bridgehead atoms. The molecule has 0 saturated carbocycles. The third kappa shape index (κ3) is 6.01. The molecular weight excluding hydrogens is 448 g/mol. The number of aryl methyl sites for hydroxylation is 1. The standard InChI is InChI=1S/C23H25ClN4O5/c1-4-32-22(30)18-11-25-23(31)26-20(18)13-33-21(29)10-9-17-14(2)27-28(15(17)3)12-16-7-5-6-8-19(16)24/h5-10H,4,11-13H2,1-3H3,(H2,25,26,31)/b10-9+. The average molecular weight is 473 g/mol. The van der Waals surface area contributed by atoms with Gasteiger partial charge in [-0.1, -0.05) is 29.8 Å². The lowest BCUT2D eigenvalue weighted by molar-refractivity contribution is -0.140. The highest BCUT2D eigenvalue weighted by Gasteiger charge is 2.24.